The van der Waals surface area contributed by atoms with Crippen molar-refractivity contribution in [2.45, 2.75) is 13.3 Å². The number of aryl methyl sites for hydroxylation is 1. The van der Waals surface area contributed by atoms with E-state index in [9.17, 15) is 4.39 Å². The van der Waals surface area contributed by atoms with Crippen LogP contribution in [0.4, 0.5) is 21.7 Å². The molecule has 1 aliphatic rings. The Morgan fingerprint density at radius 3 is 2.58 bits per heavy atom. The highest BCUT2D eigenvalue weighted by Gasteiger charge is 2.20. The highest BCUT2D eigenvalue weighted by atomic mass is 19.1. The standard InChI is InChI=1S/C19H26FN5O/c1-15-22-18(21-8-5-13-26-2)14-19(23-15)25-11-9-24(10-12-25)17-7-4-3-6-16(17)20/h3-4,6-7,14H,5,8-13H2,1-2H3,(H,21,22,23). The number of piperazine rings is 1. The van der Waals surface area contributed by atoms with Crippen molar-refractivity contribution in [1.82, 2.24) is 9.97 Å². The summed E-state index contributed by atoms with van der Waals surface area (Å²) in [5.74, 6) is 2.33. The van der Waals surface area contributed by atoms with E-state index in [1.54, 1.807) is 13.2 Å². The summed E-state index contributed by atoms with van der Waals surface area (Å²) < 4.78 is 19.0. The van der Waals surface area contributed by atoms with E-state index in [0.717, 1.165) is 63.2 Å². The van der Waals surface area contributed by atoms with Crippen molar-refractivity contribution >= 4 is 17.3 Å². The lowest BCUT2D eigenvalue weighted by Gasteiger charge is -2.37. The quantitative estimate of drug-likeness (QED) is 0.767. The molecule has 0 atom stereocenters. The number of methoxy groups -OCH3 is 1. The summed E-state index contributed by atoms with van der Waals surface area (Å²) in [6, 6.07) is 8.93. The van der Waals surface area contributed by atoms with Crippen molar-refractivity contribution in [3.63, 3.8) is 0 Å². The Kier molecular flexibility index (Phi) is 6.22. The predicted molar refractivity (Wildman–Crippen MR) is 103 cm³/mol. The molecular weight excluding hydrogens is 333 g/mol. The number of halogens is 1. The second-order valence-electron chi connectivity index (χ2n) is 6.36. The lowest BCUT2D eigenvalue weighted by Crippen LogP contribution is -2.47. The van der Waals surface area contributed by atoms with Gasteiger partial charge in [0.25, 0.3) is 0 Å². The number of anilines is 3. The monoisotopic (exact) mass is 359 g/mol. The third kappa shape index (κ3) is 4.60. The molecule has 0 radical (unpaired) electrons. The maximum atomic E-state index is 14.0. The van der Waals surface area contributed by atoms with Crippen molar-refractivity contribution in [2.24, 2.45) is 0 Å². The normalized spacial score (nSPS) is 14.6. The number of ether oxygens (including phenoxy) is 1. The van der Waals surface area contributed by atoms with E-state index in [4.69, 9.17) is 4.74 Å². The molecule has 1 fully saturated rings. The molecule has 3 rings (SSSR count). The molecule has 0 saturated carbocycles. The average Bonchev–Trinajstić information content (AvgIpc) is 2.65. The maximum Gasteiger partial charge on any atom is 0.146 e. The number of aromatic nitrogens is 2. The summed E-state index contributed by atoms with van der Waals surface area (Å²) in [5, 5.41) is 3.32. The van der Waals surface area contributed by atoms with Crippen LogP contribution in [0.3, 0.4) is 0 Å². The second kappa shape index (κ2) is 8.80. The van der Waals surface area contributed by atoms with Crippen LogP contribution in [0.15, 0.2) is 30.3 Å². The molecule has 0 spiro atoms. The smallest absolute Gasteiger partial charge is 0.146 e. The highest BCUT2D eigenvalue weighted by molar-refractivity contribution is 5.53. The van der Waals surface area contributed by atoms with Gasteiger partial charge in [0, 0.05) is 52.5 Å². The van der Waals surface area contributed by atoms with Crippen molar-refractivity contribution in [1.29, 1.82) is 0 Å². The Hall–Kier alpha value is -2.41. The molecule has 1 aliphatic heterocycles. The summed E-state index contributed by atoms with van der Waals surface area (Å²) >= 11 is 0. The number of benzene rings is 1. The fourth-order valence-electron chi connectivity index (χ4n) is 3.12. The van der Waals surface area contributed by atoms with Crippen molar-refractivity contribution in [3.8, 4) is 0 Å². The number of rotatable bonds is 7. The largest absolute Gasteiger partial charge is 0.385 e. The van der Waals surface area contributed by atoms with Crippen LogP contribution in [0.2, 0.25) is 0 Å². The lowest BCUT2D eigenvalue weighted by atomic mass is 10.2. The summed E-state index contributed by atoms with van der Waals surface area (Å²) in [7, 11) is 1.70. The van der Waals surface area contributed by atoms with E-state index < -0.39 is 0 Å². The molecule has 1 N–H and O–H groups in total. The molecule has 6 nitrogen and oxygen atoms in total. The van der Waals surface area contributed by atoms with Crippen LogP contribution in [0, 0.1) is 12.7 Å². The summed E-state index contributed by atoms with van der Waals surface area (Å²) in [6.45, 7) is 6.56. The molecule has 0 bridgehead atoms. The Bertz CT molecular complexity index is 719. The van der Waals surface area contributed by atoms with Gasteiger partial charge >= 0.3 is 0 Å². The van der Waals surface area contributed by atoms with Crippen LogP contribution in [0.5, 0.6) is 0 Å². The van der Waals surface area contributed by atoms with Crippen molar-refractivity contribution in [2.75, 3.05) is 61.6 Å². The molecule has 2 heterocycles. The summed E-state index contributed by atoms with van der Waals surface area (Å²) in [5.41, 5.74) is 0.673. The average molecular weight is 359 g/mol. The summed E-state index contributed by atoms with van der Waals surface area (Å²) in [6.07, 6.45) is 0.927. The Balaban J connectivity index is 1.62. The molecule has 1 aromatic heterocycles. The molecule has 140 valence electrons. The Labute approximate surface area is 154 Å². The van der Waals surface area contributed by atoms with Gasteiger partial charge in [-0.25, -0.2) is 14.4 Å². The Morgan fingerprint density at radius 1 is 1.12 bits per heavy atom. The van der Waals surface area contributed by atoms with E-state index in [1.807, 2.05) is 25.1 Å². The van der Waals surface area contributed by atoms with Crippen LogP contribution in [0.1, 0.15) is 12.2 Å². The van der Waals surface area contributed by atoms with Crippen LogP contribution in [0.25, 0.3) is 0 Å². The third-order valence-corrected chi connectivity index (χ3v) is 4.45. The van der Waals surface area contributed by atoms with Crippen LogP contribution >= 0.6 is 0 Å². The number of para-hydroxylation sites is 1. The van der Waals surface area contributed by atoms with Crippen LogP contribution in [-0.4, -0.2) is 56.4 Å². The fourth-order valence-corrected chi connectivity index (χ4v) is 3.12. The van der Waals surface area contributed by atoms with Gasteiger partial charge in [-0.05, 0) is 25.5 Å². The fraction of sp³-hybridized carbons (Fsp3) is 0.474. The molecule has 1 saturated heterocycles. The van der Waals surface area contributed by atoms with Gasteiger partial charge in [0.05, 0.1) is 5.69 Å². The number of hydrogen-bond donors (Lipinski definition) is 1. The summed E-state index contributed by atoms with van der Waals surface area (Å²) in [4.78, 5) is 13.3. The lowest BCUT2D eigenvalue weighted by molar-refractivity contribution is 0.198. The first-order valence-electron chi connectivity index (χ1n) is 9.00. The maximum absolute atomic E-state index is 14.0. The van der Waals surface area contributed by atoms with E-state index in [-0.39, 0.29) is 5.82 Å². The molecule has 0 unspecified atom stereocenters. The van der Waals surface area contributed by atoms with Gasteiger partial charge in [-0.15, -0.1) is 0 Å². The predicted octanol–water partition coefficient (Wildman–Crippen LogP) is 2.70. The number of nitrogens with one attached hydrogen (secondary N) is 1. The van der Waals surface area contributed by atoms with Gasteiger partial charge in [-0.2, -0.15) is 0 Å². The van der Waals surface area contributed by atoms with E-state index in [2.05, 4.69) is 25.1 Å². The van der Waals surface area contributed by atoms with Crippen molar-refractivity contribution in [3.05, 3.63) is 42.0 Å². The van der Waals surface area contributed by atoms with Gasteiger partial charge in [0.1, 0.15) is 23.3 Å². The molecule has 26 heavy (non-hydrogen) atoms. The first-order valence-corrected chi connectivity index (χ1v) is 9.00. The van der Waals surface area contributed by atoms with Crippen molar-refractivity contribution < 1.29 is 9.13 Å². The van der Waals surface area contributed by atoms with Gasteiger partial charge in [-0.1, -0.05) is 12.1 Å². The first kappa shape index (κ1) is 18.4. The minimum atomic E-state index is -0.165. The molecule has 0 amide bonds. The third-order valence-electron chi connectivity index (χ3n) is 4.45. The molecule has 7 heteroatoms. The molecule has 0 aliphatic carbocycles. The highest BCUT2D eigenvalue weighted by Crippen LogP contribution is 2.23. The topological polar surface area (TPSA) is 53.5 Å². The minimum Gasteiger partial charge on any atom is -0.385 e. The van der Waals surface area contributed by atoms with Gasteiger partial charge in [0.2, 0.25) is 0 Å². The van der Waals surface area contributed by atoms with E-state index in [1.165, 1.54) is 6.07 Å². The molecule has 2 aromatic rings. The SMILES string of the molecule is COCCCNc1cc(N2CCN(c3ccccc3F)CC2)nc(C)n1. The second-order valence-corrected chi connectivity index (χ2v) is 6.36. The van der Waals surface area contributed by atoms with Crippen LogP contribution < -0.4 is 15.1 Å². The zero-order valence-corrected chi connectivity index (χ0v) is 15.4. The molecule has 1 aromatic carbocycles. The van der Waals surface area contributed by atoms with Crippen LogP contribution in [-0.2, 0) is 4.74 Å². The van der Waals surface area contributed by atoms with Gasteiger partial charge < -0.3 is 19.9 Å². The Morgan fingerprint density at radius 2 is 1.85 bits per heavy atom. The first-order chi connectivity index (χ1) is 12.7. The zero-order valence-electron chi connectivity index (χ0n) is 15.4. The van der Waals surface area contributed by atoms with Gasteiger partial charge in [0.15, 0.2) is 0 Å². The minimum absolute atomic E-state index is 0.165. The number of nitrogens with zero attached hydrogens (tertiary/aromatic N) is 4. The van der Waals surface area contributed by atoms with E-state index >= 15 is 0 Å². The van der Waals surface area contributed by atoms with E-state index in [0.29, 0.717) is 5.69 Å². The molecular formula is C19H26FN5O. The van der Waals surface area contributed by atoms with Gasteiger partial charge in [-0.3, -0.25) is 0 Å². The zero-order chi connectivity index (χ0) is 18.4. The number of hydrogen-bond acceptors (Lipinski definition) is 6.